The summed E-state index contributed by atoms with van der Waals surface area (Å²) in [4.78, 5) is 2.47. The summed E-state index contributed by atoms with van der Waals surface area (Å²) < 4.78 is 36.6. The highest BCUT2D eigenvalue weighted by molar-refractivity contribution is 4.99. The molecule has 2 saturated heterocycles. The monoisotopic (exact) mass is 255 g/mol. The quantitative estimate of drug-likeness (QED) is 0.816. The zero-order valence-corrected chi connectivity index (χ0v) is 10.1. The Morgan fingerprint density at radius 3 is 2.00 bits per heavy atom. The molecule has 6 heteroatoms. The van der Waals surface area contributed by atoms with Crippen LogP contribution in [0.15, 0.2) is 0 Å². The van der Waals surface area contributed by atoms with Crippen LogP contribution in [0.2, 0.25) is 0 Å². The number of halogens is 3. The average Bonchev–Trinajstić information content (AvgIpc) is 2.74. The van der Waals surface area contributed by atoms with E-state index < -0.39 is 12.8 Å². The van der Waals surface area contributed by atoms with Crippen LogP contribution in [0.5, 0.6) is 0 Å². The fourth-order valence-corrected chi connectivity index (χ4v) is 2.65. The van der Waals surface area contributed by atoms with E-state index in [0.29, 0.717) is 6.61 Å². The smallest absolute Gasteiger partial charge is 0.394 e. The lowest BCUT2D eigenvalue weighted by Gasteiger charge is -2.29. The Hall–Kier alpha value is -0.330. The first-order chi connectivity index (χ1) is 7.93. The van der Waals surface area contributed by atoms with Gasteiger partial charge in [0.15, 0.2) is 0 Å². The minimum atomic E-state index is -4.17. The van der Waals surface area contributed by atoms with Crippen molar-refractivity contribution in [1.29, 1.82) is 0 Å². The van der Waals surface area contributed by atoms with Crippen LogP contribution < -0.4 is 0 Å². The molecule has 0 aromatic carbocycles. The molecule has 2 aliphatic rings. The van der Waals surface area contributed by atoms with Gasteiger partial charge >= 0.3 is 6.18 Å². The SMILES string of the molecule is COCC(F)(F)F.OCC12CCCN1CCC2. The van der Waals surface area contributed by atoms with E-state index >= 15 is 0 Å². The number of alkyl halides is 3. The van der Waals surface area contributed by atoms with Crippen molar-refractivity contribution in [3.63, 3.8) is 0 Å². The fourth-order valence-electron chi connectivity index (χ4n) is 2.65. The Labute approximate surface area is 99.5 Å². The molecule has 3 nitrogen and oxygen atoms in total. The number of aliphatic hydroxyl groups is 1. The number of aliphatic hydroxyl groups excluding tert-OH is 1. The number of hydrogen-bond acceptors (Lipinski definition) is 3. The normalized spacial score (nSPS) is 23.1. The summed E-state index contributed by atoms with van der Waals surface area (Å²) in [5.41, 5.74) is 0.236. The minimum Gasteiger partial charge on any atom is -0.394 e. The van der Waals surface area contributed by atoms with Crippen LogP contribution in [0, 0.1) is 0 Å². The molecule has 0 aromatic rings. The van der Waals surface area contributed by atoms with E-state index in [1.165, 1.54) is 38.8 Å². The molecular weight excluding hydrogens is 235 g/mol. The second-order valence-electron chi connectivity index (χ2n) is 4.62. The molecule has 102 valence electrons. The van der Waals surface area contributed by atoms with Crippen molar-refractivity contribution in [2.45, 2.75) is 37.4 Å². The first-order valence-electron chi connectivity index (χ1n) is 5.85. The van der Waals surface area contributed by atoms with Crippen molar-refractivity contribution in [3.8, 4) is 0 Å². The largest absolute Gasteiger partial charge is 0.411 e. The number of fused-ring (bicyclic) bond motifs is 1. The van der Waals surface area contributed by atoms with E-state index in [-0.39, 0.29) is 5.54 Å². The van der Waals surface area contributed by atoms with Gasteiger partial charge in [-0.15, -0.1) is 0 Å². The zero-order chi connectivity index (χ0) is 12.9. The maximum Gasteiger partial charge on any atom is 0.411 e. The summed E-state index contributed by atoms with van der Waals surface area (Å²) in [6, 6.07) is 0. The third-order valence-corrected chi connectivity index (χ3v) is 3.41. The molecule has 0 saturated carbocycles. The number of ether oxygens (including phenoxy) is 1. The van der Waals surface area contributed by atoms with Crippen LogP contribution in [-0.2, 0) is 4.74 Å². The van der Waals surface area contributed by atoms with Crippen LogP contribution in [0.1, 0.15) is 25.7 Å². The maximum absolute atomic E-state index is 10.9. The molecule has 0 radical (unpaired) electrons. The van der Waals surface area contributed by atoms with Gasteiger partial charge < -0.3 is 9.84 Å². The Balaban J connectivity index is 0.000000185. The van der Waals surface area contributed by atoms with Gasteiger partial charge in [-0.3, -0.25) is 4.90 Å². The average molecular weight is 255 g/mol. The van der Waals surface area contributed by atoms with Gasteiger partial charge in [-0.1, -0.05) is 0 Å². The minimum absolute atomic E-state index is 0.236. The standard InChI is InChI=1S/C8H15NO.C3H5F3O/c10-7-8-3-1-5-9(8)6-2-4-8;1-7-2-3(4,5)6/h10H,1-7H2;2H2,1H3. The van der Waals surface area contributed by atoms with Crippen molar-refractivity contribution in [3.05, 3.63) is 0 Å². The molecule has 2 aliphatic heterocycles. The lowest BCUT2D eigenvalue weighted by molar-refractivity contribution is -0.167. The number of methoxy groups -OCH3 is 1. The third-order valence-electron chi connectivity index (χ3n) is 3.41. The molecule has 2 heterocycles. The van der Waals surface area contributed by atoms with Gasteiger partial charge in [-0.2, -0.15) is 13.2 Å². The van der Waals surface area contributed by atoms with Crippen molar-refractivity contribution in [2.75, 3.05) is 33.4 Å². The summed E-state index contributed by atoms with van der Waals surface area (Å²) in [6.07, 6.45) is 0.864. The van der Waals surface area contributed by atoms with E-state index in [1.807, 2.05) is 0 Å². The lowest BCUT2D eigenvalue weighted by atomic mass is 9.96. The van der Waals surface area contributed by atoms with Crippen molar-refractivity contribution >= 4 is 0 Å². The molecule has 0 aromatic heterocycles. The van der Waals surface area contributed by atoms with Crippen LogP contribution in [0.25, 0.3) is 0 Å². The van der Waals surface area contributed by atoms with Crippen LogP contribution in [0.4, 0.5) is 13.2 Å². The molecule has 0 aliphatic carbocycles. The number of hydrogen-bond donors (Lipinski definition) is 1. The molecule has 0 unspecified atom stereocenters. The third kappa shape index (κ3) is 4.12. The molecular formula is C11H20F3NO2. The summed E-state index contributed by atoms with van der Waals surface area (Å²) in [7, 11) is 1.01. The molecule has 0 spiro atoms. The van der Waals surface area contributed by atoms with Gasteiger partial charge in [0.2, 0.25) is 0 Å². The number of nitrogens with zero attached hydrogens (tertiary/aromatic N) is 1. The van der Waals surface area contributed by atoms with Gasteiger partial charge in [-0.25, -0.2) is 0 Å². The first-order valence-corrected chi connectivity index (χ1v) is 5.85. The van der Waals surface area contributed by atoms with E-state index in [2.05, 4.69) is 9.64 Å². The highest BCUT2D eigenvalue weighted by Gasteiger charge is 2.43. The Kier molecular flexibility index (Phi) is 5.22. The predicted octanol–water partition coefficient (Wildman–Crippen LogP) is 1.80. The van der Waals surface area contributed by atoms with Gasteiger partial charge in [0.05, 0.1) is 6.61 Å². The predicted molar refractivity (Wildman–Crippen MR) is 57.8 cm³/mol. The van der Waals surface area contributed by atoms with E-state index in [1.54, 1.807) is 0 Å². The van der Waals surface area contributed by atoms with E-state index in [0.717, 1.165) is 7.11 Å². The Bertz CT molecular complexity index is 223. The second kappa shape index (κ2) is 6.02. The summed E-state index contributed by atoms with van der Waals surface area (Å²) in [5, 5.41) is 9.19. The van der Waals surface area contributed by atoms with E-state index in [9.17, 15) is 18.3 Å². The molecule has 2 fully saturated rings. The van der Waals surface area contributed by atoms with Crippen molar-refractivity contribution in [1.82, 2.24) is 4.90 Å². The van der Waals surface area contributed by atoms with Crippen molar-refractivity contribution in [2.24, 2.45) is 0 Å². The molecule has 0 atom stereocenters. The maximum atomic E-state index is 10.9. The van der Waals surface area contributed by atoms with Crippen molar-refractivity contribution < 1.29 is 23.0 Å². The Morgan fingerprint density at radius 2 is 1.76 bits per heavy atom. The lowest BCUT2D eigenvalue weighted by Crippen LogP contribution is -2.41. The molecule has 1 N–H and O–H groups in total. The molecule has 17 heavy (non-hydrogen) atoms. The Morgan fingerprint density at radius 1 is 1.24 bits per heavy atom. The highest BCUT2D eigenvalue weighted by atomic mass is 19.4. The number of rotatable bonds is 2. The van der Waals surface area contributed by atoms with Gasteiger partial charge in [0.25, 0.3) is 0 Å². The molecule has 0 amide bonds. The molecule has 2 rings (SSSR count). The van der Waals surface area contributed by atoms with Gasteiger partial charge in [0, 0.05) is 12.6 Å². The second-order valence-corrected chi connectivity index (χ2v) is 4.62. The summed E-state index contributed by atoms with van der Waals surface area (Å²) in [6.45, 7) is 1.67. The summed E-state index contributed by atoms with van der Waals surface area (Å²) in [5.74, 6) is 0. The molecule has 0 bridgehead atoms. The summed E-state index contributed by atoms with van der Waals surface area (Å²) >= 11 is 0. The first kappa shape index (κ1) is 14.7. The van der Waals surface area contributed by atoms with Gasteiger partial charge in [0.1, 0.15) is 6.61 Å². The van der Waals surface area contributed by atoms with Crippen LogP contribution in [-0.4, -0.2) is 55.1 Å². The fraction of sp³-hybridized carbons (Fsp3) is 1.00. The van der Waals surface area contributed by atoms with Gasteiger partial charge in [-0.05, 0) is 38.8 Å². The van der Waals surface area contributed by atoms with Crippen LogP contribution >= 0.6 is 0 Å². The van der Waals surface area contributed by atoms with Crippen LogP contribution in [0.3, 0.4) is 0 Å². The van der Waals surface area contributed by atoms with E-state index in [4.69, 9.17) is 0 Å². The topological polar surface area (TPSA) is 32.7 Å². The highest BCUT2D eigenvalue weighted by Crippen LogP contribution is 2.37. The zero-order valence-electron chi connectivity index (χ0n) is 10.1.